The van der Waals surface area contributed by atoms with Gasteiger partial charge in [-0.15, -0.1) is 0 Å². The van der Waals surface area contributed by atoms with Crippen LogP contribution in [-0.2, 0) is 16.6 Å². The maximum absolute atomic E-state index is 12.4. The molecule has 0 aliphatic rings. The molecule has 1 aromatic carbocycles. The lowest BCUT2D eigenvalue weighted by Crippen LogP contribution is -2.29. The van der Waals surface area contributed by atoms with E-state index in [0.717, 1.165) is 5.56 Å². The molecule has 2 aromatic rings. The van der Waals surface area contributed by atoms with Crippen LogP contribution in [0, 0.1) is 20.8 Å². The first kappa shape index (κ1) is 15.5. The van der Waals surface area contributed by atoms with Gasteiger partial charge in [-0.3, -0.25) is 4.68 Å². The molecule has 7 heteroatoms. The van der Waals surface area contributed by atoms with Crippen LogP contribution in [0.1, 0.15) is 16.7 Å². The summed E-state index contributed by atoms with van der Waals surface area (Å²) in [6.45, 7) is 6.17. The largest absolute Gasteiger partial charge is 0.398 e. The molecule has 0 aliphatic carbocycles. The smallest absolute Gasteiger partial charge is 0.241 e. The molecule has 0 atom stereocenters. The number of hydrogen-bond acceptors (Lipinski definition) is 4. The fourth-order valence-electron chi connectivity index (χ4n) is 2.21. The van der Waals surface area contributed by atoms with Gasteiger partial charge < -0.3 is 5.73 Å². The van der Waals surface area contributed by atoms with E-state index in [-0.39, 0.29) is 11.4 Å². The van der Waals surface area contributed by atoms with E-state index in [1.54, 1.807) is 36.9 Å². The quantitative estimate of drug-likeness (QED) is 0.816. The molecule has 0 saturated heterocycles. The Morgan fingerprint density at radius 1 is 1.29 bits per heavy atom. The Bertz CT molecular complexity index is 750. The second-order valence-corrected chi connectivity index (χ2v) is 6.81. The van der Waals surface area contributed by atoms with E-state index >= 15 is 0 Å². The second-order valence-electron chi connectivity index (χ2n) is 5.10. The van der Waals surface area contributed by atoms with Crippen molar-refractivity contribution in [3.63, 3.8) is 0 Å². The lowest BCUT2D eigenvalue weighted by Gasteiger charge is -2.13. The summed E-state index contributed by atoms with van der Waals surface area (Å²) in [6, 6.07) is 3.43. The van der Waals surface area contributed by atoms with Crippen LogP contribution in [0.2, 0.25) is 0 Å². The highest BCUT2D eigenvalue weighted by Gasteiger charge is 2.20. The molecule has 0 unspecified atom stereocenters. The summed E-state index contributed by atoms with van der Waals surface area (Å²) in [5.41, 5.74) is 8.59. The zero-order chi connectivity index (χ0) is 15.6. The van der Waals surface area contributed by atoms with Gasteiger partial charge >= 0.3 is 0 Å². The van der Waals surface area contributed by atoms with E-state index < -0.39 is 10.0 Å². The van der Waals surface area contributed by atoms with Crippen molar-refractivity contribution in [3.05, 3.63) is 41.2 Å². The molecule has 0 radical (unpaired) electrons. The maximum Gasteiger partial charge on any atom is 0.241 e. The van der Waals surface area contributed by atoms with Crippen molar-refractivity contribution in [1.29, 1.82) is 0 Å². The minimum absolute atomic E-state index is 0.263. The van der Waals surface area contributed by atoms with Crippen LogP contribution >= 0.6 is 0 Å². The van der Waals surface area contributed by atoms with E-state index in [0.29, 0.717) is 23.4 Å². The predicted octanol–water partition coefficient (Wildman–Crippen LogP) is 1.37. The number of hydrogen-bond donors (Lipinski definition) is 2. The molecule has 0 amide bonds. The average molecular weight is 308 g/mol. The van der Waals surface area contributed by atoms with Crippen molar-refractivity contribution in [2.24, 2.45) is 0 Å². The molecule has 0 aliphatic heterocycles. The first-order chi connectivity index (χ1) is 9.81. The van der Waals surface area contributed by atoms with Gasteiger partial charge in [0.05, 0.1) is 17.6 Å². The van der Waals surface area contributed by atoms with Gasteiger partial charge in [0.2, 0.25) is 10.0 Å². The van der Waals surface area contributed by atoms with Gasteiger partial charge in [-0.1, -0.05) is 6.07 Å². The molecule has 0 saturated carbocycles. The Balaban J connectivity index is 2.14. The van der Waals surface area contributed by atoms with Gasteiger partial charge in [-0.2, -0.15) is 5.10 Å². The highest BCUT2D eigenvalue weighted by molar-refractivity contribution is 7.89. The van der Waals surface area contributed by atoms with Crippen LogP contribution in [-0.4, -0.2) is 24.7 Å². The highest BCUT2D eigenvalue weighted by atomic mass is 32.2. The van der Waals surface area contributed by atoms with Crippen LogP contribution in [0.3, 0.4) is 0 Å². The van der Waals surface area contributed by atoms with Crippen molar-refractivity contribution >= 4 is 15.7 Å². The number of rotatable bonds is 5. The number of anilines is 1. The van der Waals surface area contributed by atoms with Gasteiger partial charge in [-0.25, -0.2) is 13.1 Å². The van der Waals surface area contributed by atoms with Crippen molar-refractivity contribution in [2.45, 2.75) is 32.2 Å². The number of sulfonamides is 1. The zero-order valence-electron chi connectivity index (χ0n) is 12.4. The maximum atomic E-state index is 12.4. The molecule has 2 rings (SSSR count). The SMILES string of the molecule is Cc1cnn(CCNS(=O)(=O)c2c(C)ccc(N)c2C)c1. The third-order valence-electron chi connectivity index (χ3n) is 3.31. The van der Waals surface area contributed by atoms with Crippen molar-refractivity contribution < 1.29 is 8.42 Å². The molecule has 21 heavy (non-hydrogen) atoms. The standard InChI is InChI=1S/C14H20N4O2S/c1-10-8-16-18(9-10)7-6-17-21(19,20)14-11(2)4-5-13(15)12(14)3/h4-5,8-9,17H,6-7,15H2,1-3H3. The zero-order valence-corrected chi connectivity index (χ0v) is 13.2. The third-order valence-corrected chi connectivity index (χ3v) is 5.06. The lowest BCUT2D eigenvalue weighted by atomic mass is 10.1. The number of aromatic nitrogens is 2. The van der Waals surface area contributed by atoms with Gasteiger partial charge in [0, 0.05) is 18.4 Å². The minimum atomic E-state index is -3.58. The first-order valence-corrected chi connectivity index (χ1v) is 8.14. The molecule has 6 nitrogen and oxygen atoms in total. The molecule has 0 spiro atoms. The molecule has 0 fully saturated rings. The van der Waals surface area contributed by atoms with Gasteiger partial charge in [0.1, 0.15) is 0 Å². The van der Waals surface area contributed by atoms with Crippen LogP contribution in [0.4, 0.5) is 5.69 Å². The van der Waals surface area contributed by atoms with Crippen molar-refractivity contribution in [2.75, 3.05) is 12.3 Å². The van der Waals surface area contributed by atoms with Crippen LogP contribution in [0.15, 0.2) is 29.4 Å². The fourth-order valence-corrected chi connectivity index (χ4v) is 3.73. The molecule has 0 bridgehead atoms. The normalized spacial score (nSPS) is 11.8. The first-order valence-electron chi connectivity index (χ1n) is 6.65. The summed E-state index contributed by atoms with van der Waals surface area (Å²) in [5.74, 6) is 0. The summed E-state index contributed by atoms with van der Waals surface area (Å²) in [5, 5.41) is 4.12. The Morgan fingerprint density at radius 3 is 2.62 bits per heavy atom. The van der Waals surface area contributed by atoms with E-state index in [2.05, 4.69) is 9.82 Å². The van der Waals surface area contributed by atoms with E-state index in [4.69, 9.17) is 5.73 Å². The molecule has 114 valence electrons. The Hall–Kier alpha value is -1.86. The number of nitrogen functional groups attached to an aromatic ring is 1. The predicted molar refractivity (Wildman–Crippen MR) is 82.5 cm³/mol. The average Bonchev–Trinajstić information content (AvgIpc) is 2.80. The lowest BCUT2D eigenvalue weighted by molar-refractivity contribution is 0.560. The molecular weight excluding hydrogens is 288 g/mol. The Kier molecular flexibility index (Phi) is 4.34. The number of nitrogens with one attached hydrogen (secondary N) is 1. The Morgan fingerprint density at radius 2 is 2.00 bits per heavy atom. The van der Waals surface area contributed by atoms with Gasteiger partial charge in [0.25, 0.3) is 0 Å². The molecule has 1 heterocycles. The molecule has 3 N–H and O–H groups in total. The Labute approximate surface area is 125 Å². The fraction of sp³-hybridized carbons (Fsp3) is 0.357. The van der Waals surface area contributed by atoms with Gasteiger partial charge in [-0.05, 0) is 43.5 Å². The molecular formula is C14H20N4O2S. The second kappa shape index (κ2) is 5.87. The minimum Gasteiger partial charge on any atom is -0.398 e. The van der Waals surface area contributed by atoms with Crippen LogP contribution in [0.25, 0.3) is 0 Å². The number of aryl methyl sites for hydroxylation is 2. The number of nitrogens with two attached hydrogens (primary N) is 1. The third kappa shape index (κ3) is 3.43. The van der Waals surface area contributed by atoms with E-state index in [1.807, 2.05) is 13.1 Å². The molecule has 1 aromatic heterocycles. The summed E-state index contributed by atoms with van der Waals surface area (Å²) < 4.78 is 29.2. The highest BCUT2D eigenvalue weighted by Crippen LogP contribution is 2.24. The van der Waals surface area contributed by atoms with E-state index in [9.17, 15) is 8.42 Å². The summed E-state index contributed by atoms with van der Waals surface area (Å²) in [6.07, 6.45) is 3.60. The number of nitrogens with zero attached hydrogens (tertiary/aromatic N) is 2. The summed E-state index contributed by atoms with van der Waals surface area (Å²) in [7, 11) is -3.58. The summed E-state index contributed by atoms with van der Waals surface area (Å²) in [4.78, 5) is 0.263. The van der Waals surface area contributed by atoms with Crippen LogP contribution in [0.5, 0.6) is 0 Å². The topological polar surface area (TPSA) is 90.0 Å². The van der Waals surface area contributed by atoms with Crippen molar-refractivity contribution in [3.8, 4) is 0 Å². The van der Waals surface area contributed by atoms with Crippen LogP contribution < -0.4 is 10.5 Å². The van der Waals surface area contributed by atoms with Crippen molar-refractivity contribution in [1.82, 2.24) is 14.5 Å². The monoisotopic (exact) mass is 308 g/mol. The summed E-state index contributed by atoms with van der Waals surface area (Å²) >= 11 is 0. The van der Waals surface area contributed by atoms with E-state index in [1.165, 1.54) is 0 Å². The number of benzene rings is 1. The van der Waals surface area contributed by atoms with Gasteiger partial charge in [0.15, 0.2) is 0 Å².